The zero-order valence-electron chi connectivity index (χ0n) is 29.2. The molecule has 4 heterocycles. The average Bonchev–Trinajstić information content (AvgIpc) is 3.06. The molecule has 3 aliphatic heterocycles. The van der Waals surface area contributed by atoms with Gasteiger partial charge in [-0.25, -0.2) is 14.4 Å². The Morgan fingerprint density at radius 1 is 1.00 bits per heavy atom. The fraction of sp³-hybridized carbons (Fsp3) is 0.543. The second-order valence-corrected chi connectivity index (χ2v) is 15.7. The number of thioether (sulfide) groups is 1. The lowest BCUT2D eigenvalue weighted by molar-refractivity contribution is -0.137. The molecule has 0 N–H and O–H groups in total. The molecule has 3 atom stereocenters. The smallest absolute Gasteiger partial charge is 0.417 e. The van der Waals surface area contributed by atoms with Gasteiger partial charge in [-0.3, -0.25) is 9.47 Å². The lowest BCUT2D eigenvalue weighted by Gasteiger charge is -2.45. The van der Waals surface area contributed by atoms with Crippen LogP contribution in [-0.4, -0.2) is 106 Å². The van der Waals surface area contributed by atoms with Gasteiger partial charge in [0.15, 0.2) is 0 Å². The van der Waals surface area contributed by atoms with Gasteiger partial charge in [0, 0.05) is 69.0 Å². The Morgan fingerprint density at radius 2 is 1.69 bits per heavy atom. The van der Waals surface area contributed by atoms with Gasteiger partial charge in [0.2, 0.25) is 0 Å². The second-order valence-electron chi connectivity index (χ2n) is 14.3. The van der Waals surface area contributed by atoms with Crippen molar-refractivity contribution in [1.29, 1.82) is 0 Å². The Kier molecular flexibility index (Phi) is 10.5. The standard InChI is InChI=1S/C35H42ClF3N6O5S/c1-21-17-44(33(48)50-34(3,4)5)22(2)16-43(21)30-25-15-26(35(37,38)39)27(36)29-28(25)45(31(46)40-30)24(20-51-29)18-41-11-13-42(14-12-41)32(47)49-19-23-9-7-6-8-10-23/h6-10,15,21-22,24H,11-14,16-20H2,1-5H3/t21?,22?,24-/m0/s1. The maximum Gasteiger partial charge on any atom is 0.417 e. The summed E-state index contributed by atoms with van der Waals surface area (Å²) in [5.41, 5.74) is -1.06. The highest BCUT2D eigenvalue weighted by Crippen LogP contribution is 2.48. The molecule has 1 aromatic heterocycles. The summed E-state index contributed by atoms with van der Waals surface area (Å²) in [6.07, 6.45) is -5.63. The number of benzene rings is 2. The number of aromatic nitrogens is 2. The molecule has 276 valence electrons. The van der Waals surface area contributed by atoms with E-state index in [4.69, 9.17) is 21.1 Å². The van der Waals surface area contributed by atoms with Crippen LogP contribution < -0.4 is 10.6 Å². The van der Waals surface area contributed by atoms with E-state index in [2.05, 4.69) is 9.88 Å². The summed E-state index contributed by atoms with van der Waals surface area (Å²) in [6.45, 7) is 12.0. The van der Waals surface area contributed by atoms with Gasteiger partial charge in [0.05, 0.1) is 27.0 Å². The third-order valence-electron chi connectivity index (χ3n) is 9.37. The molecule has 3 aliphatic rings. The van der Waals surface area contributed by atoms with Crippen LogP contribution in [0.3, 0.4) is 0 Å². The topological polar surface area (TPSA) is 100 Å². The summed E-state index contributed by atoms with van der Waals surface area (Å²) in [6, 6.07) is 9.24. The summed E-state index contributed by atoms with van der Waals surface area (Å²) in [4.78, 5) is 51.5. The van der Waals surface area contributed by atoms with E-state index in [0.29, 0.717) is 44.0 Å². The molecule has 2 fully saturated rings. The lowest BCUT2D eigenvalue weighted by atomic mass is 10.1. The van der Waals surface area contributed by atoms with Gasteiger partial charge in [-0.15, -0.1) is 11.8 Å². The van der Waals surface area contributed by atoms with Crippen LogP contribution in [-0.2, 0) is 22.3 Å². The third-order valence-corrected chi connectivity index (χ3v) is 11.1. The van der Waals surface area contributed by atoms with E-state index >= 15 is 0 Å². The van der Waals surface area contributed by atoms with E-state index in [1.165, 1.54) is 16.3 Å². The predicted molar refractivity (Wildman–Crippen MR) is 190 cm³/mol. The number of carbonyl (C=O) groups is 2. The number of halogens is 4. The second kappa shape index (κ2) is 14.4. The molecule has 6 rings (SSSR count). The van der Waals surface area contributed by atoms with Crippen LogP contribution >= 0.6 is 23.4 Å². The van der Waals surface area contributed by atoms with Gasteiger partial charge in [-0.1, -0.05) is 41.9 Å². The van der Waals surface area contributed by atoms with Gasteiger partial charge in [-0.05, 0) is 46.2 Å². The molecule has 16 heteroatoms. The number of ether oxygens (including phenoxy) is 2. The summed E-state index contributed by atoms with van der Waals surface area (Å²) >= 11 is 7.67. The van der Waals surface area contributed by atoms with Crippen LogP contribution in [0.4, 0.5) is 28.6 Å². The summed E-state index contributed by atoms with van der Waals surface area (Å²) < 4.78 is 55.7. The number of alkyl halides is 3. The minimum absolute atomic E-state index is 0.127. The van der Waals surface area contributed by atoms with E-state index in [1.54, 1.807) is 35.5 Å². The summed E-state index contributed by atoms with van der Waals surface area (Å²) in [5, 5.41) is -0.267. The van der Waals surface area contributed by atoms with Crippen molar-refractivity contribution in [1.82, 2.24) is 24.3 Å². The minimum Gasteiger partial charge on any atom is -0.445 e. The molecule has 2 unspecified atom stereocenters. The van der Waals surface area contributed by atoms with Crippen molar-refractivity contribution < 1.29 is 32.2 Å². The van der Waals surface area contributed by atoms with Gasteiger partial charge < -0.3 is 24.2 Å². The zero-order chi connectivity index (χ0) is 36.8. The van der Waals surface area contributed by atoms with E-state index in [-0.39, 0.29) is 41.8 Å². The van der Waals surface area contributed by atoms with E-state index < -0.39 is 52.3 Å². The number of anilines is 1. The molecule has 2 saturated heterocycles. The van der Waals surface area contributed by atoms with Crippen molar-refractivity contribution in [2.75, 3.05) is 56.5 Å². The van der Waals surface area contributed by atoms with Gasteiger partial charge in [-0.2, -0.15) is 18.2 Å². The Hall–Kier alpha value is -3.69. The quantitative estimate of drug-likeness (QED) is 0.289. The van der Waals surface area contributed by atoms with Crippen molar-refractivity contribution in [3.63, 3.8) is 0 Å². The van der Waals surface area contributed by atoms with Crippen molar-refractivity contribution in [3.05, 3.63) is 63.0 Å². The first-order chi connectivity index (χ1) is 24.0. The molecule has 51 heavy (non-hydrogen) atoms. The number of rotatable bonds is 5. The molecular weight excluding hydrogens is 709 g/mol. The average molecular weight is 751 g/mol. The largest absolute Gasteiger partial charge is 0.445 e. The molecule has 0 saturated carbocycles. The number of hydrogen-bond donors (Lipinski definition) is 0. The van der Waals surface area contributed by atoms with E-state index in [9.17, 15) is 27.6 Å². The Labute approximate surface area is 303 Å². The molecular formula is C35H42ClF3N6O5S. The summed E-state index contributed by atoms with van der Waals surface area (Å²) in [7, 11) is 0. The maximum absolute atomic E-state index is 14.4. The molecule has 11 nitrogen and oxygen atoms in total. The molecule has 2 aromatic carbocycles. The Bertz CT molecular complexity index is 1850. The van der Waals surface area contributed by atoms with Crippen molar-refractivity contribution in [2.45, 2.75) is 76.0 Å². The highest BCUT2D eigenvalue weighted by molar-refractivity contribution is 7.99. The van der Waals surface area contributed by atoms with Gasteiger partial charge >= 0.3 is 24.1 Å². The predicted octanol–water partition coefficient (Wildman–Crippen LogP) is 6.50. The third kappa shape index (κ3) is 7.90. The normalized spacial score (nSPS) is 21.6. The molecule has 0 radical (unpaired) electrons. The van der Waals surface area contributed by atoms with Crippen LogP contribution in [0.2, 0.25) is 5.02 Å². The molecule has 2 amide bonds. The fourth-order valence-electron chi connectivity index (χ4n) is 6.84. The van der Waals surface area contributed by atoms with Crippen molar-refractivity contribution in [2.24, 2.45) is 0 Å². The maximum atomic E-state index is 14.4. The van der Waals surface area contributed by atoms with E-state index in [1.807, 2.05) is 44.2 Å². The first-order valence-corrected chi connectivity index (χ1v) is 18.3. The van der Waals surface area contributed by atoms with Crippen LogP contribution in [0, 0.1) is 0 Å². The summed E-state index contributed by atoms with van der Waals surface area (Å²) in [5.74, 6) is 0.438. The van der Waals surface area contributed by atoms with Crippen LogP contribution in [0.25, 0.3) is 10.9 Å². The fourth-order valence-corrected chi connectivity index (χ4v) is 8.45. The Balaban J connectivity index is 1.26. The van der Waals surface area contributed by atoms with Crippen molar-refractivity contribution >= 4 is 52.3 Å². The number of amides is 2. The van der Waals surface area contributed by atoms with Gasteiger partial charge in [0.25, 0.3) is 0 Å². The highest BCUT2D eigenvalue weighted by Gasteiger charge is 2.41. The Morgan fingerprint density at radius 3 is 2.33 bits per heavy atom. The van der Waals surface area contributed by atoms with Crippen molar-refractivity contribution in [3.8, 4) is 0 Å². The van der Waals surface area contributed by atoms with E-state index in [0.717, 1.165) is 11.6 Å². The molecule has 3 aromatic rings. The zero-order valence-corrected chi connectivity index (χ0v) is 30.8. The SMILES string of the molecule is CC1CN(c2nc(=O)n3c4c(c(Cl)c(C(F)(F)F)cc24)SC[C@@H]3CN2CCN(C(=O)OCc3ccccc3)CC2)C(C)CN1C(=O)OC(C)(C)C. The highest BCUT2D eigenvalue weighted by atomic mass is 35.5. The number of carbonyl (C=O) groups excluding carboxylic acids is 2. The first-order valence-electron chi connectivity index (χ1n) is 16.9. The number of piperazine rings is 2. The molecule has 0 spiro atoms. The van der Waals surface area contributed by atoms with Crippen LogP contribution in [0.1, 0.15) is 51.8 Å². The number of hydrogen-bond acceptors (Lipinski definition) is 9. The minimum atomic E-state index is -4.74. The number of nitrogens with zero attached hydrogens (tertiary/aromatic N) is 6. The lowest BCUT2D eigenvalue weighted by Crippen LogP contribution is -2.59. The van der Waals surface area contributed by atoms with Crippen LogP contribution in [0.15, 0.2) is 46.1 Å². The monoisotopic (exact) mass is 750 g/mol. The molecule has 0 bridgehead atoms. The van der Waals surface area contributed by atoms with Gasteiger partial charge in [0.1, 0.15) is 18.0 Å². The molecule has 0 aliphatic carbocycles. The first kappa shape index (κ1) is 37.1. The van der Waals surface area contributed by atoms with Crippen LogP contribution in [0.5, 0.6) is 0 Å².